The first kappa shape index (κ1) is 14.4. The zero-order valence-corrected chi connectivity index (χ0v) is 12.7. The van der Waals surface area contributed by atoms with E-state index in [4.69, 9.17) is 4.74 Å². The number of benzene rings is 1. The van der Waals surface area contributed by atoms with Gasteiger partial charge in [0.2, 0.25) is 0 Å². The number of rotatable bonds is 5. The van der Waals surface area contributed by atoms with Crippen molar-refractivity contribution in [2.75, 3.05) is 11.9 Å². The number of hydrogen-bond donors (Lipinski definition) is 1. The third-order valence-corrected chi connectivity index (χ3v) is 3.03. The van der Waals surface area contributed by atoms with Gasteiger partial charge in [0.25, 0.3) is 5.91 Å². The van der Waals surface area contributed by atoms with E-state index >= 15 is 0 Å². The molecule has 1 aromatic carbocycles. The Morgan fingerprint density at radius 3 is 2.80 bits per heavy atom. The van der Waals surface area contributed by atoms with E-state index in [-0.39, 0.29) is 11.9 Å². The van der Waals surface area contributed by atoms with Gasteiger partial charge in [0.1, 0.15) is 12.4 Å². The smallest absolute Gasteiger partial charge is 0.318 e. The molecular formula is C14H12IN3O2. The Morgan fingerprint density at radius 1 is 1.35 bits per heavy atom. The zero-order chi connectivity index (χ0) is 14.4. The molecule has 0 aliphatic rings. The van der Waals surface area contributed by atoms with Crippen molar-refractivity contribution in [1.82, 2.24) is 9.97 Å². The summed E-state index contributed by atoms with van der Waals surface area (Å²) in [5.74, 6) is 0.164. The van der Waals surface area contributed by atoms with Crippen molar-refractivity contribution < 1.29 is 9.53 Å². The van der Waals surface area contributed by atoms with E-state index in [1.165, 1.54) is 6.20 Å². The van der Waals surface area contributed by atoms with Gasteiger partial charge in [-0.25, -0.2) is 4.98 Å². The van der Waals surface area contributed by atoms with Crippen molar-refractivity contribution >= 4 is 34.3 Å². The Labute approximate surface area is 130 Å². The highest BCUT2D eigenvalue weighted by Crippen LogP contribution is 2.11. The standard InChI is InChI=1S/C14H12IN3O2/c1-2-9-20-14-16-8-7-12(18-14)17-13(19)10-3-5-11(15)6-4-10/h2-8H,1,9H2,(H,16,17,18,19). The number of amides is 1. The van der Waals surface area contributed by atoms with Gasteiger partial charge in [0.05, 0.1) is 0 Å². The molecule has 0 saturated heterocycles. The number of halogens is 1. The molecule has 0 atom stereocenters. The van der Waals surface area contributed by atoms with Crippen LogP contribution in [-0.4, -0.2) is 22.5 Å². The summed E-state index contributed by atoms with van der Waals surface area (Å²) in [5, 5.41) is 2.70. The summed E-state index contributed by atoms with van der Waals surface area (Å²) in [6.07, 6.45) is 3.12. The second-order valence-corrected chi connectivity index (χ2v) is 5.03. The van der Waals surface area contributed by atoms with Crippen LogP contribution < -0.4 is 10.1 Å². The van der Waals surface area contributed by atoms with E-state index in [1.807, 2.05) is 12.1 Å². The minimum Gasteiger partial charge on any atom is -0.459 e. The SMILES string of the molecule is C=CCOc1nccc(NC(=O)c2ccc(I)cc2)n1. The first-order valence-electron chi connectivity index (χ1n) is 5.82. The van der Waals surface area contributed by atoms with Crippen LogP contribution in [0.1, 0.15) is 10.4 Å². The molecule has 20 heavy (non-hydrogen) atoms. The van der Waals surface area contributed by atoms with Crippen LogP contribution in [0.5, 0.6) is 6.01 Å². The lowest BCUT2D eigenvalue weighted by Gasteiger charge is -2.06. The van der Waals surface area contributed by atoms with Crippen LogP contribution in [0.4, 0.5) is 5.82 Å². The summed E-state index contributed by atoms with van der Waals surface area (Å²) < 4.78 is 6.28. The predicted octanol–water partition coefficient (Wildman–Crippen LogP) is 2.90. The molecule has 5 nitrogen and oxygen atoms in total. The molecule has 2 aromatic rings. The number of anilines is 1. The average Bonchev–Trinajstić information content (AvgIpc) is 2.46. The van der Waals surface area contributed by atoms with Crippen molar-refractivity contribution in [3.8, 4) is 6.01 Å². The fourth-order valence-corrected chi connectivity index (χ4v) is 1.76. The van der Waals surface area contributed by atoms with Gasteiger partial charge >= 0.3 is 6.01 Å². The highest BCUT2D eigenvalue weighted by Gasteiger charge is 2.07. The second kappa shape index (κ2) is 6.99. The van der Waals surface area contributed by atoms with E-state index in [1.54, 1.807) is 24.3 Å². The van der Waals surface area contributed by atoms with Crippen LogP contribution >= 0.6 is 22.6 Å². The molecule has 1 N–H and O–H groups in total. The quantitative estimate of drug-likeness (QED) is 0.639. The molecule has 0 radical (unpaired) electrons. The lowest BCUT2D eigenvalue weighted by atomic mass is 10.2. The molecule has 0 spiro atoms. The molecule has 1 heterocycles. The Balaban J connectivity index is 2.07. The number of carbonyl (C=O) groups is 1. The maximum atomic E-state index is 12.0. The van der Waals surface area contributed by atoms with Gasteiger partial charge in [-0.05, 0) is 52.9 Å². The van der Waals surface area contributed by atoms with Gasteiger partial charge in [-0.1, -0.05) is 12.7 Å². The highest BCUT2D eigenvalue weighted by atomic mass is 127. The van der Waals surface area contributed by atoms with E-state index in [2.05, 4.69) is 44.5 Å². The average molecular weight is 381 g/mol. The summed E-state index contributed by atoms with van der Waals surface area (Å²) >= 11 is 2.18. The minimum atomic E-state index is -0.227. The Hall–Kier alpha value is -1.96. The van der Waals surface area contributed by atoms with E-state index in [0.29, 0.717) is 18.0 Å². The number of nitrogens with one attached hydrogen (secondary N) is 1. The molecule has 0 aliphatic heterocycles. The molecule has 0 bridgehead atoms. The Kier molecular flexibility index (Phi) is 5.05. The lowest BCUT2D eigenvalue weighted by molar-refractivity contribution is 0.102. The van der Waals surface area contributed by atoms with Gasteiger partial charge in [0.15, 0.2) is 0 Å². The molecule has 1 amide bonds. The van der Waals surface area contributed by atoms with Crippen molar-refractivity contribution in [3.63, 3.8) is 0 Å². The second-order valence-electron chi connectivity index (χ2n) is 3.79. The molecule has 2 rings (SSSR count). The monoisotopic (exact) mass is 381 g/mol. The highest BCUT2D eigenvalue weighted by molar-refractivity contribution is 14.1. The Morgan fingerprint density at radius 2 is 2.10 bits per heavy atom. The van der Waals surface area contributed by atoms with E-state index in [9.17, 15) is 4.79 Å². The van der Waals surface area contributed by atoms with Crippen LogP contribution in [0.3, 0.4) is 0 Å². The molecule has 0 fully saturated rings. The number of carbonyl (C=O) groups excluding carboxylic acids is 1. The summed E-state index contributed by atoms with van der Waals surface area (Å²) in [7, 11) is 0. The normalized spacial score (nSPS) is 9.85. The summed E-state index contributed by atoms with van der Waals surface area (Å²) in [6.45, 7) is 3.86. The van der Waals surface area contributed by atoms with Crippen molar-refractivity contribution in [3.05, 3.63) is 58.3 Å². The van der Waals surface area contributed by atoms with Crippen LogP contribution in [-0.2, 0) is 0 Å². The molecule has 0 unspecified atom stereocenters. The predicted molar refractivity (Wildman–Crippen MR) is 84.8 cm³/mol. The molecule has 1 aromatic heterocycles. The van der Waals surface area contributed by atoms with Crippen LogP contribution in [0.15, 0.2) is 49.2 Å². The first-order chi connectivity index (χ1) is 9.69. The van der Waals surface area contributed by atoms with Crippen molar-refractivity contribution in [1.29, 1.82) is 0 Å². The maximum Gasteiger partial charge on any atom is 0.318 e. The molecule has 102 valence electrons. The number of nitrogens with zero attached hydrogens (tertiary/aromatic N) is 2. The third-order valence-electron chi connectivity index (χ3n) is 2.31. The van der Waals surface area contributed by atoms with Gasteiger partial charge in [0, 0.05) is 15.3 Å². The van der Waals surface area contributed by atoms with E-state index < -0.39 is 0 Å². The Bertz CT molecular complexity index is 614. The fourth-order valence-electron chi connectivity index (χ4n) is 1.40. The molecule has 0 aliphatic carbocycles. The summed E-state index contributed by atoms with van der Waals surface area (Å²) in [5.41, 5.74) is 0.567. The summed E-state index contributed by atoms with van der Waals surface area (Å²) in [6, 6.07) is 9.05. The van der Waals surface area contributed by atoms with Crippen molar-refractivity contribution in [2.24, 2.45) is 0 Å². The van der Waals surface area contributed by atoms with Gasteiger partial charge in [-0.15, -0.1) is 0 Å². The number of hydrogen-bond acceptors (Lipinski definition) is 4. The van der Waals surface area contributed by atoms with Crippen molar-refractivity contribution in [2.45, 2.75) is 0 Å². The molecule has 0 saturated carbocycles. The lowest BCUT2D eigenvalue weighted by Crippen LogP contribution is -2.13. The largest absolute Gasteiger partial charge is 0.459 e. The topological polar surface area (TPSA) is 64.1 Å². The summed E-state index contributed by atoms with van der Waals surface area (Å²) in [4.78, 5) is 20.0. The molecule has 6 heteroatoms. The minimum absolute atomic E-state index is 0.199. The van der Waals surface area contributed by atoms with Crippen LogP contribution in [0.2, 0.25) is 0 Å². The fraction of sp³-hybridized carbons (Fsp3) is 0.0714. The first-order valence-corrected chi connectivity index (χ1v) is 6.90. The van der Waals surface area contributed by atoms with E-state index in [0.717, 1.165) is 3.57 Å². The number of aromatic nitrogens is 2. The van der Waals surface area contributed by atoms with Gasteiger partial charge in [-0.2, -0.15) is 4.98 Å². The van der Waals surface area contributed by atoms with Crippen LogP contribution in [0, 0.1) is 3.57 Å². The van der Waals surface area contributed by atoms with Gasteiger partial charge in [-0.3, -0.25) is 4.79 Å². The maximum absolute atomic E-state index is 12.0. The van der Waals surface area contributed by atoms with Gasteiger partial charge < -0.3 is 10.1 Å². The third kappa shape index (κ3) is 4.02. The zero-order valence-electron chi connectivity index (χ0n) is 10.5. The number of ether oxygens (including phenoxy) is 1. The van der Waals surface area contributed by atoms with Crippen LogP contribution in [0.25, 0.3) is 0 Å². The molecular weight excluding hydrogens is 369 g/mol.